The quantitative estimate of drug-likeness (QED) is 0.720. The molecular weight excluding hydrogens is 178 g/mol. The van der Waals surface area contributed by atoms with Gasteiger partial charge in [-0.05, 0) is 19.1 Å². The van der Waals surface area contributed by atoms with E-state index in [-0.39, 0.29) is 0 Å². The molecule has 0 bridgehead atoms. The van der Waals surface area contributed by atoms with E-state index in [0.29, 0.717) is 11.8 Å². The van der Waals surface area contributed by atoms with Crippen molar-refractivity contribution in [3.05, 3.63) is 36.3 Å². The van der Waals surface area contributed by atoms with E-state index >= 15 is 0 Å². The lowest BCUT2D eigenvalue weighted by Gasteiger charge is -2.04. The fourth-order valence-electron chi connectivity index (χ4n) is 1.21. The second-order valence-corrected chi connectivity index (χ2v) is 2.94. The highest BCUT2D eigenvalue weighted by Gasteiger charge is 2.02. The predicted molar refractivity (Wildman–Crippen MR) is 52.6 cm³/mol. The number of hydrogen-bond acceptors (Lipinski definition) is 3. The molecule has 4 heteroatoms. The van der Waals surface area contributed by atoms with Crippen LogP contribution >= 0.6 is 0 Å². The molecule has 14 heavy (non-hydrogen) atoms. The van der Waals surface area contributed by atoms with E-state index in [2.05, 4.69) is 9.97 Å². The SMILES string of the molecule is COc1cc(C)nc(-n2cccc2)n1. The van der Waals surface area contributed by atoms with Crippen molar-refractivity contribution < 1.29 is 4.74 Å². The molecule has 2 aromatic rings. The van der Waals surface area contributed by atoms with Gasteiger partial charge in [0.1, 0.15) is 0 Å². The maximum Gasteiger partial charge on any atom is 0.237 e. The van der Waals surface area contributed by atoms with Gasteiger partial charge in [0, 0.05) is 24.2 Å². The average molecular weight is 189 g/mol. The van der Waals surface area contributed by atoms with Crippen molar-refractivity contribution in [3.63, 3.8) is 0 Å². The monoisotopic (exact) mass is 189 g/mol. The summed E-state index contributed by atoms with van der Waals surface area (Å²) in [7, 11) is 1.60. The molecular formula is C10H11N3O. The van der Waals surface area contributed by atoms with Crippen molar-refractivity contribution in [1.82, 2.24) is 14.5 Å². The van der Waals surface area contributed by atoms with Gasteiger partial charge in [-0.2, -0.15) is 4.98 Å². The molecule has 0 unspecified atom stereocenters. The third kappa shape index (κ3) is 1.59. The van der Waals surface area contributed by atoms with Crippen LogP contribution in [0.4, 0.5) is 0 Å². The second kappa shape index (κ2) is 3.49. The maximum absolute atomic E-state index is 5.07. The van der Waals surface area contributed by atoms with E-state index in [1.165, 1.54) is 0 Å². The summed E-state index contributed by atoms with van der Waals surface area (Å²) >= 11 is 0. The van der Waals surface area contributed by atoms with Crippen LogP contribution in [-0.4, -0.2) is 21.6 Å². The number of rotatable bonds is 2. The molecule has 72 valence electrons. The van der Waals surface area contributed by atoms with E-state index < -0.39 is 0 Å². The van der Waals surface area contributed by atoms with Crippen molar-refractivity contribution in [2.24, 2.45) is 0 Å². The molecule has 0 amide bonds. The minimum Gasteiger partial charge on any atom is -0.481 e. The van der Waals surface area contributed by atoms with Crippen LogP contribution in [0.3, 0.4) is 0 Å². The lowest BCUT2D eigenvalue weighted by Crippen LogP contribution is -2.01. The minimum absolute atomic E-state index is 0.584. The van der Waals surface area contributed by atoms with Crippen LogP contribution in [0.25, 0.3) is 5.95 Å². The third-order valence-electron chi connectivity index (χ3n) is 1.86. The first-order valence-electron chi connectivity index (χ1n) is 4.32. The van der Waals surface area contributed by atoms with Crippen LogP contribution in [0.1, 0.15) is 5.69 Å². The second-order valence-electron chi connectivity index (χ2n) is 2.94. The highest BCUT2D eigenvalue weighted by molar-refractivity contribution is 5.23. The van der Waals surface area contributed by atoms with Crippen molar-refractivity contribution >= 4 is 0 Å². The predicted octanol–water partition coefficient (Wildman–Crippen LogP) is 1.58. The lowest BCUT2D eigenvalue weighted by molar-refractivity contribution is 0.395. The fraction of sp³-hybridized carbons (Fsp3) is 0.200. The Hall–Kier alpha value is -1.84. The van der Waals surface area contributed by atoms with Gasteiger partial charge in [-0.15, -0.1) is 0 Å². The van der Waals surface area contributed by atoms with Crippen LogP contribution in [0, 0.1) is 6.92 Å². The van der Waals surface area contributed by atoms with Gasteiger partial charge in [0.2, 0.25) is 11.8 Å². The summed E-state index contributed by atoms with van der Waals surface area (Å²) in [6, 6.07) is 5.66. The van der Waals surface area contributed by atoms with Gasteiger partial charge < -0.3 is 4.74 Å². The Morgan fingerprint density at radius 2 is 1.93 bits per heavy atom. The average Bonchev–Trinajstić information content (AvgIpc) is 2.69. The zero-order valence-corrected chi connectivity index (χ0v) is 8.14. The summed E-state index contributed by atoms with van der Waals surface area (Å²) in [6.07, 6.45) is 3.79. The van der Waals surface area contributed by atoms with E-state index in [9.17, 15) is 0 Å². The van der Waals surface area contributed by atoms with Crippen molar-refractivity contribution in [2.75, 3.05) is 7.11 Å². The molecule has 0 aliphatic carbocycles. The first-order valence-corrected chi connectivity index (χ1v) is 4.32. The molecule has 2 aromatic heterocycles. The highest BCUT2D eigenvalue weighted by atomic mass is 16.5. The first-order chi connectivity index (χ1) is 6.79. The molecule has 0 saturated carbocycles. The normalized spacial score (nSPS) is 10.1. The Morgan fingerprint density at radius 3 is 2.57 bits per heavy atom. The van der Waals surface area contributed by atoms with E-state index in [1.54, 1.807) is 13.2 Å². The minimum atomic E-state index is 0.584. The van der Waals surface area contributed by atoms with Crippen molar-refractivity contribution in [2.45, 2.75) is 6.92 Å². The Bertz CT molecular complexity index is 423. The zero-order chi connectivity index (χ0) is 9.97. The smallest absolute Gasteiger partial charge is 0.237 e. The molecule has 2 rings (SSSR count). The first kappa shape index (κ1) is 8.74. The molecule has 0 aliphatic rings. The van der Waals surface area contributed by atoms with Gasteiger partial charge >= 0.3 is 0 Å². The zero-order valence-electron chi connectivity index (χ0n) is 8.14. The van der Waals surface area contributed by atoms with Crippen LogP contribution in [-0.2, 0) is 0 Å². The third-order valence-corrected chi connectivity index (χ3v) is 1.86. The number of ether oxygens (including phenoxy) is 1. The number of aryl methyl sites for hydroxylation is 1. The Labute approximate surface area is 82.2 Å². The number of methoxy groups -OCH3 is 1. The van der Waals surface area contributed by atoms with E-state index in [1.807, 2.05) is 36.0 Å². The molecule has 2 heterocycles. The van der Waals surface area contributed by atoms with Crippen LogP contribution in [0.2, 0.25) is 0 Å². The van der Waals surface area contributed by atoms with E-state index in [4.69, 9.17) is 4.74 Å². The standard InChI is InChI=1S/C10H11N3O/c1-8-7-9(14-2)12-10(11-8)13-5-3-4-6-13/h3-7H,1-2H3. The Kier molecular flexibility index (Phi) is 2.18. The van der Waals surface area contributed by atoms with Crippen LogP contribution in [0.5, 0.6) is 5.88 Å². The van der Waals surface area contributed by atoms with Gasteiger partial charge in [0.15, 0.2) is 0 Å². The summed E-state index contributed by atoms with van der Waals surface area (Å²) in [5.41, 5.74) is 0.889. The number of aromatic nitrogens is 3. The van der Waals surface area contributed by atoms with Gasteiger partial charge in [0.25, 0.3) is 0 Å². The largest absolute Gasteiger partial charge is 0.481 e. The van der Waals surface area contributed by atoms with Gasteiger partial charge in [-0.1, -0.05) is 0 Å². The number of nitrogens with zero attached hydrogens (tertiary/aromatic N) is 3. The molecule has 0 aliphatic heterocycles. The van der Waals surface area contributed by atoms with Gasteiger partial charge in [0.05, 0.1) is 7.11 Å². The lowest BCUT2D eigenvalue weighted by atomic mass is 10.4. The molecule has 0 fully saturated rings. The fourth-order valence-corrected chi connectivity index (χ4v) is 1.21. The highest BCUT2D eigenvalue weighted by Crippen LogP contribution is 2.10. The summed E-state index contributed by atoms with van der Waals surface area (Å²) in [5.74, 6) is 1.22. The molecule has 0 N–H and O–H groups in total. The van der Waals surface area contributed by atoms with Crippen LogP contribution in [0.15, 0.2) is 30.6 Å². The Balaban J connectivity index is 2.48. The Morgan fingerprint density at radius 1 is 1.21 bits per heavy atom. The van der Waals surface area contributed by atoms with Crippen molar-refractivity contribution in [1.29, 1.82) is 0 Å². The summed E-state index contributed by atoms with van der Waals surface area (Å²) in [4.78, 5) is 8.52. The maximum atomic E-state index is 5.07. The molecule has 4 nitrogen and oxygen atoms in total. The van der Waals surface area contributed by atoms with Gasteiger partial charge in [-0.3, -0.25) is 4.57 Å². The number of hydrogen-bond donors (Lipinski definition) is 0. The van der Waals surface area contributed by atoms with Crippen LogP contribution < -0.4 is 4.74 Å². The molecule has 0 saturated heterocycles. The molecule has 0 aromatic carbocycles. The molecule has 0 atom stereocenters. The van der Waals surface area contributed by atoms with Gasteiger partial charge in [-0.25, -0.2) is 4.98 Å². The summed E-state index contributed by atoms with van der Waals surface area (Å²) in [6.45, 7) is 1.91. The van der Waals surface area contributed by atoms with Crippen molar-refractivity contribution in [3.8, 4) is 11.8 Å². The summed E-state index contributed by atoms with van der Waals surface area (Å²) < 4.78 is 6.91. The topological polar surface area (TPSA) is 39.9 Å². The molecule has 0 radical (unpaired) electrons. The summed E-state index contributed by atoms with van der Waals surface area (Å²) in [5, 5.41) is 0. The molecule has 0 spiro atoms. The van der Waals surface area contributed by atoms with E-state index in [0.717, 1.165) is 5.69 Å².